The number of aliphatic hydroxyl groups excluding tert-OH is 1. The van der Waals surface area contributed by atoms with Crippen LogP contribution in [0.3, 0.4) is 0 Å². The van der Waals surface area contributed by atoms with Crippen LogP contribution in [0.2, 0.25) is 0 Å². The zero-order chi connectivity index (χ0) is 12.7. The first-order chi connectivity index (χ1) is 7.09. The first-order valence-electron chi connectivity index (χ1n) is 5.78. The van der Waals surface area contributed by atoms with Crippen molar-refractivity contribution in [3.8, 4) is 0 Å². The van der Waals surface area contributed by atoms with Crippen LogP contribution in [0.1, 0.15) is 47.5 Å². The molecule has 2 unspecified atom stereocenters. The van der Waals surface area contributed by atoms with Gasteiger partial charge in [0.1, 0.15) is 0 Å². The van der Waals surface area contributed by atoms with Crippen LogP contribution in [0.25, 0.3) is 0 Å². The van der Waals surface area contributed by atoms with Crippen molar-refractivity contribution in [2.45, 2.75) is 70.7 Å². The van der Waals surface area contributed by atoms with Gasteiger partial charge in [0.15, 0.2) is 0 Å². The number of nitrogens with zero attached hydrogens (tertiary/aromatic N) is 1. The molecule has 0 aliphatic carbocycles. The fourth-order valence-electron chi connectivity index (χ4n) is 3.27. The highest BCUT2D eigenvalue weighted by molar-refractivity contribution is 5.67. The van der Waals surface area contributed by atoms with E-state index in [1.165, 1.54) is 0 Å². The van der Waals surface area contributed by atoms with E-state index < -0.39 is 12.1 Å². The van der Waals surface area contributed by atoms with Gasteiger partial charge in [0.05, 0.1) is 12.5 Å². The van der Waals surface area contributed by atoms with Gasteiger partial charge >= 0.3 is 5.97 Å². The number of carboxylic acid groups (broad SMARTS) is 1. The third kappa shape index (κ3) is 2.23. The normalized spacial score (nSPS) is 30.2. The number of rotatable bonds is 3. The van der Waals surface area contributed by atoms with E-state index in [-0.39, 0.29) is 23.5 Å². The minimum absolute atomic E-state index is 0.0698. The van der Waals surface area contributed by atoms with Gasteiger partial charge in [-0.25, -0.2) is 0 Å². The lowest BCUT2D eigenvalue weighted by Gasteiger charge is -2.44. The molecule has 0 saturated carbocycles. The largest absolute Gasteiger partial charge is 0.481 e. The second-order valence-electron chi connectivity index (χ2n) is 6.00. The molecule has 1 heterocycles. The third-order valence-corrected chi connectivity index (χ3v) is 3.69. The maximum absolute atomic E-state index is 10.8. The molecule has 0 spiro atoms. The summed E-state index contributed by atoms with van der Waals surface area (Å²) in [4.78, 5) is 12.9. The zero-order valence-electron chi connectivity index (χ0n) is 10.8. The van der Waals surface area contributed by atoms with E-state index >= 15 is 0 Å². The van der Waals surface area contributed by atoms with Crippen molar-refractivity contribution in [3.05, 3.63) is 0 Å². The van der Waals surface area contributed by atoms with Crippen molar-refractivity contribution in [1.82, 2.24) is 4.90 Å². The van der Waals surface area contributed by atoms with Gasteiger partial charge in [-0.3, -0.25) is 9.69 Å². The smallest absolute Gasteiger partial charge is 0.304 e. The molecule has 0 aromatic heterocycles. The summed E-state index contributed by atoms with van der Waals surface area (Å²) in [6.45, 7) is 9.98. The Labute approximate surface area is 97.3 Å². The van der Waals surface area contributed by atoms with E-state index in [0.29, 0.717) is 6.42 Å². The van der Waals surface area contributed by atoms with E-state index in [0.717, 1.165) is 0 Å². The number of aliphatic hydroxyl groups is 1. The molecule has 1 rings (SSSR count). The monoisotopic (exact) mass is 229 g/mol. The highest BCUT2D eigenvalue weighted by Crippen LogP contribution is 2.42. The van der Waals surface area contributed by atoms with E-state index in [1.807, 2.05) is 20.8 Å². The summed E-state index contributed by atoms with van der Waals surface area (Å²) in [5.74, 6) is -0.791. The maximum Gasteiger partial charge on any atom is 0.304 e. The van der Waals surface area contributed by atoms with Crippen LogP contribution >= 0.6 is 0 Å². The van der Waals surface area contributed by atoms with Crippen molar-refractivity contribution in [1.29, 1.82) is 0 Å². The van der Waals surface area contributed by atoms with Crippen LogP contribution in [0.4, 0.5) is 0 Å². The molecular formula is C12H23NO3. The lowest BCUT2D eigenvalue weighted by atomic mass is 9.97. The Balaban J connectivity index is 2.95. The maximum atomic E-state index is 10.8. The number of likely N-dealkylation sites (tertiary alicyclic amines) is 1. The number of aliphatic carboxylic acids is 1. The average Bonchev–Trinajstić information content (AvgIpc) is 2.13. The number of hydrogen-bond donors (Lipinski definition) is 2. The number of carbonyl (C=O) groups is 1. The van der Waals surface area contributed by atoms with Gasteiger partial charge in [-0.05, 0) is 41.0 Å². The lowest BCUT2D eigenvalue weighted by Crippen LogP contribution is -2.55. The molecule has 2 atom stereocenters. The van der Waals surface area contributed by atoms with E-state index in [4.69, 9.17) is 5.11 Å². The zero-order valence-corrected chi connectivity index (χ0v) is 10.8. The predicted molar refractivity (Wildman–Crippen MR) is 62.3 cm³/mol. The van der Waals surface area contributed by atoms with Gasteiger partial charge < -0.3 is 10.2 Å². The van der Waals surface area contributed by atoms with Crippen molar-refractivity contribution in [2.24, 2.45) is 0 Å². The summed E-state index contributed by atoms with van der Waals surface area (Å²) >= 11 is 0. The van der Waals surface area contributed by atoms with Crippen molar-refractivity contribution >= 4 is 5.97 Å². The van der Waals surface area contributed by atoms with E-state index in [9.17, 15) is 9.90 Å². The van der Waals surface area contributed by atoms with Crippen molar-refractivity contribution in [2.75, 3.05) is 0 Å². The molecule has 0 amide bonds. The topological polar surface area (TPSA) is 60.8 Å². The minimum Gasteiger partial charge on any atom is -0.481 e. The molecule has 0 bridgehead atoms. The molecular weight excluding hydrogens is 206 g/mol. The molecule has 94 valence electrons. The molecule has 1 aliphatic rings. The SMILES string of the molecule is CC(CC(=O)O)N1C(C)(C)CC(O)C1(C)C. The van der Waals surface area contributed by atoms with Gasteiger partial charge in [0, 0.05) is 17.1 Å². The fourth-order valence-corrected chi connectivity index (χ4v) is 3.27. The van der Waals surface area contributed by atoms with Crippen LogP contribution in [-0.2, 0) is 4.79 Å². The highest BCUT2D eigenvalue weighted by atomic mass is 16.4. The Hall–Kier alpha value is -0.610. The second kappa shape index (κ2) is 4.00. The Morgan fingerprint density at radius 1 is 1.44 bits per heavy atom. The third-order valence-electron chi connectivity index (χ3n) is 3.69. The minimum atomic E-state index is -0.791. The molecule has 1 fully saturated rings. The van der Waals surface area contributed by atoms with Crippen molar-refractivity contribution in [3.63, 3.8) is 0 Å². The summed E-state index contributed by atoms with van der Waals surface area (Å²) in [7, 11) is 0. The summed E-state index contributed by atoms with van der Waals surface area (Å²) in [5.41, 5.74) is -0.518. The summed E-state index contributed by atoms with van der Waals surface area (Å²) in [5, 5.41) is 18.9. The highest BCUT2D eigenvalue weighted by Gasteiger charge is 2.52. The average molecular weight is 229 g/mol. The van der Waals surface area contributed by atoms with Crippen LogP contribution in [0, 0.1) is 0 Å². The summed E-state index contributed by atoms with van der Waals surface area (Å²) in [6.07, 6.45) is 0.391. The van der Waals surface area contributed by atoms with Gasteiger partial charge in [-0.15, -0.1) is 0 Å². The van der Waals surface area contributed by atoms with Crippen LogP contribution < -0.4 is 0 Å². The molecule has 16 heavy (non-hydrogen) atoms. The first-order valence-corrected chi connectivity index (χ1v) is 5.78. The number of hydrogen-bond acceptors (Lipinski definition) is 3. The van der Waals surface area contributed by atoms with Crippen molar-refractivity contribution < 1.29 is 15.0 Å². The Morgan fingerprint density at radius 3 is 2.25 bits per heavy atom. The Morgan fingerprint density at radius 2 is 1.94 bits per heavy atom. The molecule has 4 heteroatoms. The molecule has 2 N–H and O–H groups in total. The molecule has 0 radical (unpaired) electrons. The molecule has 1 saturated heterocycles. The second-order valence-corrected chi connectivity index (χ2v) is 6.00. The van der Waals surface area contributed by atoms with Crippen LogP contribution in [0.15, 0.2) is 0 Å². The fraction of sp³-hybridized carbons (Fsp3) is 0.917. The first kappa shape index (κ1) is 13.5. The van der Waals surface area contributed by atoms with E-state index in [1.54, 1.807) is 0 Å². The summed E-state index contributed by atoms with van der Waals surface area (Å²) in [6, 6.07) is -0.0698. The molecule has 0 aromatic rings. The molecule has 4 nitrogen and oxygen atoms in total. The lowest BCUT2D eigenvalue weighted by molar-refractivity contribution is -0.139. The van der Waals surface area contributed by atoms with Gasteiger partial charge in [0.25, 0.3) is 0 Å². The van der Waals surface area contributed by atoms with E-state index in [2.05, 4.69) is 18.7 Å². The number of carboxylic acids is 1. The standard InChI is InChI=1S/C12H23NO3/c1-8(6-10(15)16)13-11(2,3)7-9(14)12(13,4)5/h8-9,14H,6-7H2,1-5H3,(H,15,16). The summed E-state index contributed by atoms with van der Waals surface area (Å²) < 4.78 is 0. The molecule has 0 aromatic carbocycles. The quantitative estimate of drug-likeness (QED) is 0.769. The van der Waals surface area contributed by atoms with Gasteiger partial charge in [-0.2, -0.15) is 0 Å². The predicted octanol–water partition coefficient (Wildman–Crippen LogP) is 1.47. The molecule has 1 aliphatic heterocycles. The Bertz CT molecular complexity index is 286. The van der Waals surface area contributed by atoms with Gasteiger partial charge in [-0.1, -0.05) is 0 Å². The van der Waals surface area contributed by atoms with Crippen LogP contribution in [0.5, 0.6) is 0 Å². The van der Waals surface area contributed by atoms with Gasteiger partial charge in [0.2, 0.25) is 0 Å². The van der Waals surface area contributed by atoms with Crippen LogP contribution in [-0.4, -0.2) is 44.3 Å². The Kier molecular flexibility index (Phi) is 3.37.